The van der Waals surface area contributed by atoms with E-state index < -0.39 is 18.0 Å². The zero-order chi connectivity index (χ0) is 14.3. The van der Waals surface area contributed by atoms with E-state index in [0.29, 0.717) is 18.0 Å². The molecule has 5 N–H and O–H groups in total. The Labute approximate surface area is 124 Å². The van der Waals surface area contributed by atoms with Crippen molar-refractivity contribution in [3.05, 3.63) is 30.3 Å². The Hall–Kier alpha value is -1.79. The van der Waals surface area contributed by atoms with Crippen molar-refractivity contribution < 1.29 is 9.59 Å². The first-order valence-corrected chi connectivity index (χ1v) is 6.16. The van der Waals surface area contributed by atoms with Gasteiger partial charge in [-0.3, -0.25) is 10.2 Å². The normalized spacial score (nSPS) is 11.2. The maximum atomic E-state index is 11.6. The van der Waals surface area contributed by atoms with Crippen LogP contribution in [0.4, 0.5) is 10.5 Å². The Morgan fingerprint density at radius 1 is 1.15 bits per heavy atom. The van der Waals surface area contributed by atoms with E-state index in [1.54, 1.807) is 24.3 Å². The molecule has 3 amide bonds. The third kappa shape index (κ3) is 6.96. The molecule has 0 aliphatic rings. The van der Waals surface area contributed by atoms with Gasteiger partial charge in [0, 0.05) is 5.69 Å². The number of nitrogens with two attached hydrogens (primary N) is 1. The summed E-state index contributed by atoms with van der Waals surface area (Å²) in [6.45, 7) is 3.95. The molecule has 0 aliphatic carbocycles. The van der Waals surface area contributed by atoms with E-state index in [2.05, 4.69) is 16.2 Å². The van der Waals surface area contributed by atoms with Gasteiger partial charge in [0.2, 0.25) is 0 Å². The monoisotopic (exact) mass is 300 g/mol. The fraction of sp³-hybridized carbons (Fsp3) is 0.385. The second kappa shape index (κ2) is 9.17. The maximum Gasteiger partial charge on any atom is 0.337 e. The first kappa shape index (κ1) is 18.2. The number of rotatable bonds is 4. The summed E-state index contributed by atoms with van der Waals surface area (Å²) < 4.78 is 0. The van der Waals surface area contributed by atoms with Crippen LogP contribution in [-0.4, -0.2) is 18.0 Å². The van der Waals surface area contributed by atoms with E-state index in [1.165, 1.54) is 0 Å². The highest BCUT2D eigenvalue weighted by atomic mass is 35.5. The predicted octanol–water partition coefficient (Wildman–Crippen LogP) is 1.63. The molecule has 0 fully saturated rings. The van der Waals surface area contributed by atoms with Gasteiger partial charge in [-0.2, -0.15) is 0 Å². The zero-order valence-corrected chi connectivity index (χ0v) is 12.4. The molecule has 0 spiro atoms. The Kier molecular flexibility index (Phi) is 8.35. The van der Waals surface area contributed by atoms with Gasteiger partial charge < -0.3 is 11.1 Å². The number of benzene rings is 1. The number of para-hydroxylation sites is 1. The number of hydrazine groups is 1. The van der Waals surface area contributed by atoms with E-state index in [4.69, 9.17) is 5.73 Å². The van der Waals surface area contributed by atoms with Gasteiger partial charge >= 0.3 is 6.03 Å². The molecule has 0 heterocycles. The minimum atomic E-state index is -0.628. The van der Waals surface area contributed by atoms with Crippen molar-refractivity contribution in [3.8, 4) is 0 Å². The van der Waals surface area contributed by atoms with Crippen LogP contribution in [0.15, 0.2) is 30.3 Å². The van der Waals surface area contributed by atoms with Crippen LogP contribution in [0.2, 0.25) is 0 Å². The molecule has 0 radical (unpaired) electrons. The number of carbonyl (C=O) groups is 2. The molecule has 0 bridgehead atoms. The summed E-state index contributed by atoms with van der Waals surface area (Å²) in [6, 6.07) is 7.78. The Bertz CT molecular complexity index is 426. The smallest absolute Gasteiger partial charge is 0.320 e. The number of anilines is 1. The van der Waals surface area contributed by atoms with Gasteiger partial charge in [0.25, 0.3) is 5.91 Å². The van der Waals surface area contributed by atoms with Gasteiger partial charge in [-0.1, -0.05) is 32.0 Å². The summed E-state index contributed by atoms with van der Waals surface area (Å²) >= 11 is 0. The minimum Gasteiger partial charge on any atom is -0.320 e. The quantitative estimate of drug-likeness (QED) is 0.636. The molecule has 6 nitrogen and oxygen atoms in total. The minimum absolute atomic E-state index is 0. The van der Waals surface area contributed by atoms with Crippen molar-refractivity contribution in [1.82, 2.24) is 10.9 Å². The highest BCUT2D eigenvalue weighted by Crippen LogP contribution is 2.04. The van der Waals surface area contributed by atoms with Crippen molar-refractivity contribution >= 4 is 30.0 Å². The van der Waals surface area contributed by atoms with Crippen LogP contribution in [0, 0.1) is 5.92 Å². The van der Waals surface area contributed by atoms with Crippen molar-refractivity contribution in [1.29, 1.82) is 0 Å². The number of hydrogen-bond acceptors (Lipinski definition) is 3. The Morgan fingerprint density at radius 2 is 1.75 bits per heavy atom. The molecular formula is C13H21ClN4O2. The molecule has 0 aliphatic heterocycles. The van der Waals surface area contributed by atoms with Crippen molar-refractivity contribution in [2.24, 2.45) is 11.7 Å². The molecule has 1 atom stereocenters. The second-order valence-corrected chi connectivity index (χ2v) is 4.67. The number of amides is 3. The second-order valence-electron chi connectivity index (χ2n) is 4.67. The third-order valence-corrected chi connectivity index (χ3v) is 2.39. The molecule has 0 saturated heterocycles. The molecule has 1 rings (SSSR count). The van der Waals surface area contributed by atoms with Crippen LogP contribution in [0.5, 0.6) is 0 Å². The summed E-state index contributed by atoms with van der Waals surface area (Å²) in [4.78, 5) is 23.0. The first-order chi connectivity index (χ1) is 8.99. The summed E-state index contributed by atoms with van der Waals surface area (Å²) in [5.74, 6) is -0.0872. The van der Waals surface area contributed by atoms with Gasteiger partial charge in [-0.15, -0.1) is 12.4 Å². The molecule has 0 aromatic heterocycles. The average Bonchev–Trinajstić information content (AvgIpc) is 2.36. The molecular weight excluding hydrogens is 280 g/mol. The van der Waals surface area contributed by atoms with E-state index in [-0.39, 0.29) is 12.4 Å². The average molecular weight is 301 g/mol. The van der Waals surface area contributed by atoms with Crippen molar-refractivity contribution in [2.45, 2.75) is 26.3 Å². The van der Waals surface area contributed by atoms with Gasteiger partial charge in [0.05, 0.1) is 6.04 Å². The first-order valence-electron chi connectivity index (χ1n) is 6.16. The predicted molar refractivity (Wildman–Crippen MR) is 81.4 cm³/mol. The summed E-state index contributed by atoms with van der Waals surface area (Å²) in [6.07, 6.45) is 0.563. The lowest BCUT2D eigenvalue weighted by atomic mass is 10.0. The van der Waals surface area contributed by atoms with E-state index in [9.17, 15) is 9.59 Å². The number of carbonyl (C=O) groups excluding carboxylic acids is 2. The largest absolute Gasteiger partial charge is 0.337 e. The fourth-order valence-electron chi connectivity index (χ4n) is 1.51. The molecule has 112 valence electrons. The number of nitrogens with one attached hydrogen (secondary N) is 3. The molecule has 1 aromatic carbocycles. The maximum absolute atomic E-state index is 11.6. The van der Waals surface area contributed by atoms with Crippen molar-refractivity contribution in [3.63, 3.8) is 0 Å². The van der Waals surface area contributed by atoms with Crippen LogP contribution in [0.1, 0.15) is 20.3 Å². The molecule has 1 unspecified atom stereocenters. The van der Waals surface area contributed by atoms with Crippen LogP contribution < -0.4 is 21.9 Å². The molecule has 0 saturated carbocycles. The number of hydrogen-bond donors (Lipinski definition) is 4. The van der Waals surface area contributed by atoms with E-state index >= 15 is 0 Å². The van der Waals surface area contributed by atoms with Gasteiger partial charge in [0.15, 0.2) is 0 Å². The topological polar surface area (TPSA) is 96.2 Å². The van der Waals surface area contributed by atoms with Gasteiger partial charge in [-0.05, 0) is 24.5 Å². The summed E-state index contributed by atoms with van der Waals surface area (Å²) in [5, 5.41) is 2.57. The highest BCUT2D eigenvalue weighted by molar-refractivity contribution is 5.91. The van der Waals surface area contributed by atoms with Crippen LogP contribution in [0.3, 0.4) is 0 Å². The van der Waals surface area contributed by atoms with E-state index in [0.717, 1.165) is 0 Å². The lowest BCUT2D eigenvalue weighted by molar-refractivity contribution is -0.123. The van der Waals surface area contributed by atoms with E-state index in [1.807, 2.05) is 19.9 Å². The SMILES string of the molecule is CC(C)CC(N)C(=O)NNC(=O)Nc1ccccc1.Cl. The van der Waals surface area contributed by atoms with Crippen LogP contribution in [-0.2, 0) is 4.79 Å². The Morgan fingerprint density at radius 3 is 2.30 bits per heavy atom. The molecule has 1 aromatic rings. The molecule has 20 heavy (non-hydrogen) atoms. The Balaban J connectivity index is 0.00000361. The standard InChI is InChI=1S/C13H20N4O2.ClH/c1-9(2)8-11(14)12(18)16-17-13(19)15-10-6-4-3-5-7-10;/h3-7,9,11H,8,14H2,1-2H3,(H,16,18)(H2,15,17,19);1H. The van der Waals surface area contributed by atoms with Crippen LogP contribution >= 0.6 is 12.4 Å². The highest BCUT2D eigenvalue weighted by Gasteiger charge is 2.15. The zero-order valence-electron chi connectivity index (χ0n) is 11.6. The third-order valence-electron chi connectivity index (χ3n) is 2.39. The van der Waals surface area contributed by atoms with Gasteiger partial charge in [-0.25, -0.2) is 10.2 Å². The molecule has 7 heteroatoms. The van der Waals surface area contributed by atoms with Crippen molar-refractivity contribution in [2.75, 3.05) is 5.32 Å². The lowest BCUT2D eigenvalue weighted by Gasteiger charge is -2.14. The number of halogens is 1. The fourth-order valence-corrected chi connectivity index (χ4v) is 1.51. The number of urea groups is 1. The van der Waals surface area contributed by atoms with Gasteiger partial charge in [0.1, 0.15) is 0 Å². The summed E-state index contributed by atoms with van der Waals surface area (Å²) in [7, 11) is 0. The lowest BCUT2D eigenvalue weighted by Crippen LogP contribution is -2.50. The van der Waals surface area contributed by atoms with Crippen LogP contribution in [0.25, 0.3) is 0 Å². The summed E-state index contributed by atoms with van der Waals surface area (Å²) in [5.41, 5.74) is 10.9.